The Morgan fingerprint density at radius 1 is 1.26 bits per heavy atom. The third-order valence-electron chi connectivity index (χ3n) is 2.60. The van der Waals surface area contributed by atoms with Gasteiger partial charge in [0.15, 0.2) is 23.0 Å². The normalized spacial score (nSPS) is 12.3. The molecular formula is C13H9FN2O3. The van der Waals surface area contributed by atoms with Crippen molar-refractivity contribution in [1.82, 2.24) is 4.98 Å². The van der Waals surface area contributed by atoms with E-state index >= 15 is 0 Å². The first-order valence-corrected chi connectivity index (χ1v) is 5.55. The Kier molecular flexibility index (Phi) is 2.75. The van der Waals surface area contributed by atoms with Gasteiger partial charge in [-0.15, -0.1) is 0 Å². The molecule has 0 spiro atoms. The highest BCUT2D eigenvalue weighted by Crippen LogP contribution is 2.34. The molecule has 0 saturated heterocycles. The Morgan fingerprint density at radius 3 is 2.95 bits per heavy atom. The summed E-state index contributed by atoms with van der Waals surface area (Å²) in [4.78, 5) is 15.6. The molecule has 1 aliphatic heterocycles. The van der Waals surface area contributed by atoms with Crippen molar-refractivity contribution in [1.29, 1.82) is 0 Å². The number of rotatable bonds is 2. The number of fused-ring (bicyclic) bond motifs is 1. The molecule has 19 heavy (non-hydrogen) atoms. The van der Waals surface area contributed by atoms with Gasteiger partial charge in [-0.3, -0.25) is 4.79 Å². The number of ether oxygens (including phenoxy) is 2. The van der Waals surface area contributed by atoms with Crippen molar-refractivity contribution in [3.05, 3.63) is 48.0 Å². The van der Waals surface area contributed by atoms with Crippen molar-refractivity contribution < 1.29 is 18.7 Å². The fourth-order valence-corrected chi connectivity index (χ4v) is 1.72. The summed E-state index contributed by atoms with van der Waals surface area (Å²) < 4.78 is 23.7. The van der Waals surface area contributed by atoms with Crippen LogP contribution in [0.5, 0.6) is 11.5 Å². The summed E-state index contributed by atoms with van der Waals surface area (Å²) in [6.45, 7) is 0.154. The summed E-state index contributed by atoms with van der Waals surface area (Å²) >= 11 is 0. The van der Waals surface area contributed by atoms with Gasteiger partial charge in [0.05, 0.1) is 0 Å². The lowest BCUT2D eigenvalue weighted by molar-refractivity contribution is 0.101. The van der Waals surface area contributed by atoms with E-state index in [9.17, 15) is 9.18 Å². The van der Waals surface area contributed by atoms with Crippen LogP contribution in [0.25, 0.3) is 0 Å². The summed E-state index contributed by atoms with van der Waals surface area (Å²) in [6, 6.07) is 7.54. The molecule has 1 amide bonds. The maximum Gasteiger partial charge on any atom is 0.277 e. The predicted octanol–water partition coefficient (Wildman–Crippen LogP) is 2.20. The van der Waals surface area contributed by atoms with Gasteiger partial charge in [-0.05, 0) is 24.3 Å². The van der Waals surface area contributed by atoms with E-state index in [4.69, 9.17) is 9.47 Å². The van der Waals surface area contributed by atoms with Crippen molar-refractivity contribution in [2.45, 2.75) is 0 Å². The molecule has 0 bridgehead atoms. The highest BCUT2D eigenvalue weighted by molar-refractivity contribution is 6.03. The maximum absolute atomic E-state index is 13.4. The highest BCUT2D eigenvalue weighted by Gasteiger charge is 2.16. The minimum Gasteiger partial charge on any atom is -0.454 e. The maximum atomic E-state index is 13.4. The second-order valence-corrected chi connectivity index (χ2v) is 3.86. The number of anilines is 1. The average Bonchev–Trinajstić information content (AvgIpc) is 2.86. The first-order chi connectivity index (χ1) is 9.24. The largest absolute Gasteiger partial charge is 0.454 e. The molecule has 1 aromatic heterocycles. The molecule has 3 rings (SSSR count). The number of carbonyl (C=O) groups excluding carboxylic acids is 1. The number of benzene rings is 1. The van der Waals surface area contributed by atoms with Gasteiger partial charge in [0.25, 0.3) is 5.91 Å². The molecule has 0 fully saturated rings. The number of aromatic nitrogens is 1. The van der Waals surface area contributed by atoms with Crippen LogP contribution in [-0.2, 0) is 0 Å². The molecule has 1 aromatic carbocycles. The first-order valence-electron chi connectivity index (χ1n) is 5.55. The second kappa shape index (κ2) is 4.56. The number of nitrogens with zero attached hydrogens (tertiary/aromatic N) is 1. The molecule has 0 saturated carbocycles. The zero-order chi connectivity index (χ0) is 13.2. The van der Waals surface area contributed by atoms with Crippen LogP contribution in [0.15, 0.2) is 36.5 Å². The van der Waals surface area contributed by atoms with Gasteiger partial charge in [0.2, 0.25) is 6.79 Å². The van der Waals surface area contributed by atoms with E-state index in [1.807, 2.05) is 0 Å². The molecule has 1 aliphatic rings. The zero-order valence-corrected chi connectivity index (χ0v) is 9.72. The molecular weight excluding hydrogens is 251 g/mol. The van der Waals surface area contributed by atoms with Crippen molar-refractivity contribution in [2.24, 2.45) is 0 Å². The summed E-state index contributed by atoms with van der Waals surface area (Å²) in [5.41, 5.74) is 0.236. The zero-order valence-electron chi connectivity index (χ0n) is 9.72. The fourth-order valence-electron chi connectivity index (χ4n) is 1.72. The second-order valence-electron chi connectivity index (χ2n) is 3.86. The molecule has 1 N–H and O–H groups in total. The molecule has 5 nitrogen and oxygen atoms in total. The number of pyridine rings is 1. The van der Waals surface area contributed by atoms with E-state index < -0.39 is 11.7 Å². The van der Waals surface area contributed by atoms with Crippen LogP contribution >= 0.6 is 0 Å². The Labute approximate surface area is 108 Å². The lowest BCUT2D eigenvalue weighted by atomic mass is 10.2. The Hall–Kier alpha value is -2.63. The standard InChI is InChI=1S/C13H9FN2O3/c14-9-2-1-5-15-12(9)13(17)16-8-3-4-10-11(6-8)19-7-18-10/h1-6H,7H2,(H,16,17). The summed E-state index contributed by atoms with van der Waals surface area (Å²) in [5, 5.41) is 2.55. The quantitative estimate of drug-likeness (QED) is 0.899. The van der Waals surface area contributed by atoms with Crippen molar-refractivity contribution in [3.8, 4) is 11.5 Å². The number of halogens is 1. The Balaban J connectivity index is 1.82. The van der Waals surface area contributed by atoms with Gasteiger partial charge in [0.1, 0.15) is 0 Å². The van der Waals surface area contributed by atoms with Crippen molar-refractivity contribution >= 4 is 11.6 Å². The van der Waals surface area contributed by atoms with Crippen LogP contribution in [0.1, 0.15) is 10.5 Å². The van der Waals surface area contributed by atoms with Crippen LogP contribution < -0.4 is 14.8 Å². The molecule has 96 valence electrons. The fraction of sp³-hybridized carbons (Fsp3) is 0.0769. The lowest BCUT2D eigenvalue weighted by Gasteiger charge is -2.06. The van der Waals surface area contributed by atoms with Gasteiger partial charge >= 0.3 is 0 Å². The van der Waals surface area contributed by atoms with E-state index in [0.29, 0.717) is 17.2 Å². The molecule has 0 atom stereocenters. The van der Waals surface area contributed by atoms with Gasteiger partial charge < -0.3 is 14.8 Å². The third kappa shape index (κ3) is 2.20. The molecule has 0 unspecified atom stereocenters. The minimum absolute atomic E-state index is 0.154. The van der Waals surface area contributed by atoms with Gasteiger partial charge in [-0.1, -0.05) is 0 Å². The summed E-state index contributed by atoms with van der Waals surface area (Å²) in [7, 11) is 0. The molecule has 2 heterocycles. The topological polar surface area (TPSA) is 60.5 Å². The van der Waals surface area contributed by atoms with Gasteiger partial charge in [0, 0.05) is 18.0 Å². The number of hydrogen-bond donors (Lipinski definition) is 1. The van der Waals surface area contributed by atoms with Gasteiger partial charge in [-0.2, -0.15) is 0 Å². The molecule has 0 aliphatic carbocycles. The third-order valence-corrected chi connectivity index (χ3v) is 2.60. The van der Waals surface area contributed by atoms with E-state index in [-0.39, 0.29) is 12.5 Å². The molecule has 0 radical (unpaired) electrons. The number of amides is 1. The van der Waals surface area contributed by atoms with Crippen LogP contribution in [0.4, 0.5) is 10.1 Å². The van der Waals surface area contributed by atoms with Crippen LogP contribution in [0.2, 0.25) is 0 Å². The summed E-state index contributed by atoms with van der Waals surface area (Å²) in [5.74, 6) is -0.126. The predicted molar refractivity (Wildman–Crippen MR) is 64.7 cm³/mol. The Bertz CT molecular complexity index is 646. The number of nitrogens with one attached hydrogen (secondary N) is 1. The number of carbonyl (C=O) groups is 1. The molecule has 2 aromatic rings. The van der Waals surface area contributed by atoms with Crippen LogP contribution in [-0.4, -0.2) is 17.7 Å². The average molecular weight is 260 g/mol. The van der Waals surface area contributed by atoms with E-state index in [2.05, 4.69) is 10.3 Å². The minimum atomic E-state index is -0.666. The smallest absolute Gasteiger partial charge is 0.277 e. The van der Waals surface area contributed by atoms with Gasteiger partial charge in [-0.25, -0.2) is 9.37 Å². The first kappa shape index (κ1) is 11.5. The van der Waals surface area contributed by atoms with Crippen LogP contribution in [0, 0.1) is 5.82 Å². The van der Waals surface area contributed by atoms with Crippen molar-refractivity contribution in [2.75, 3.05) is 12.1 Å². The van der Waals surface area contributed by atoms with Crippen LogP contribution in [0.3, 0.4) is 0 Å². The highest BCUT2D eigenvalue weighted by atomic mass is 19.1. The van der Waals surface area contributed by atoms with Crippen molar-refractivity contribution in [3.63, 3.8) is 0 Å². The Morgan fingerprint density at radius 2 is 2.11 bits per heavy atom. The molecule has 6 heteroatoms. The lowest BCUT2D eigenvalue weighted by Crippen LogP contribution is -2.15. The van der Waals surface area contributed by atoms with E-state index in [0.717, 1.165) is 0 Å². The van der Waals surface area contributed by atoms with E-state index in [1.165, 1.54) is 18.3 Å². The SMILES string of the molecule is O=C(Nc1ccc2c(c1)OCO2)c1ncccc1F. The monoisotopic (exact) mass is 260 g/mol. The number of hydrogen-bond acceptors (Lipinski definition) is 4. The van der Waals surface area contributed by atoms with E-state index in [1.54, 1.807) is 18.2 Å². The summed E-state index contributed by atoms with van der Waals surface area (Å²) in [6.07, 6.45) is 1.36.